The Morgan fingerprint density at radius 2 is 1.38 bits per heavy atom. The van der Waals surface area contributed by atoms with E-state index in [2.05, 4.69) is 53.4 Å². The predicted octanol–water partition coefficient (Wildman–Crippen LogP) is 5.91. The highest BCUT2D eigenvalue weighted by atomic mass is 16.5. The van der Waals surface area contributed by atoms with E-state index in [-0.39, 0.29) is 5.54 Å². The quantitative estimate of drug-likeness (QED) is 0.665. The average Bonchev–Trinajstić information content (AvgIpc) is 2.74. The van der Waals surface area contributed by atoms with Gasteiger partial charge >= 0.3 is 0 Å². The highest BCUT2D eigenvalue weighted by Gasteiger charge is 2.39. The second-order valence-electron chi connectivity index (χ2n) is 7.94. The molecule has 2 aliphatic rings. The number of ether oxygens (including phenoxy) is 1. The summed E-state index contributed by atoms with van der Waals surface area (Å²) < 4.78 is 6.00. The second-order valence-corrected chi connectivity index (χ2v) is 7.94. The fourth-order valence-electron chi connectivity index (χ4n) is 4.85. The van der Waals surface area contributed by atoms with Crippen molar-refractivity contribution in [2.45, 2.75) is 63.5 Å². The van der Waals surface area contributed by atoms with E-state index in [9.17, 15) is 0 Å². The number of likely N-dealkylation sites (tertiary alicyclic amines) is 1. The maximum Gasteiger partial charge on any atom is 0.119 e. The minimum Gasteiger partial charge on any atom is -0.489 e. The molecule has 0 aromatic heterocycles. The lowest BCUT2D eigenvalue weighted by Gasteiger charge is -2.48. The molecule has 1 aliphatic carbocycles. The zero-order valence-electron chi connectivity index (χ0n) is 15.8. The SMILES string of the molecule is c1ccc(COc2ccc(C3(N4CCCCC4)CCCCC3)cc2)cc1. The Balaban J connectivity index is 1.49. The molecular weight excluding hydrogens is 318 g/mol. The molecule has 2 aromatic carbocycles. The highest BCUT2D eigenvalue weighted by molar-refractivity contribution is 5.33. The molecule has 0 atom stereocenters. The fourth-order valence-corrected chi connectivity index (χ4v) is 4.85. The molecule has 0 spiro atoms. The summed E-state index contributed by atoms with van der Waals surface area (Å²) in [6, 6.07) is 19.4. The van der Waals surface area contributed by atoms with E-state index in [1.807, 2.05) is 6.07 Å². The molecule has 1 saturated heterocycles. The summed E-state index contributed by atoms with van der Waals surface area (Å²) in [6.07, 6.45) is 10.9. The Morgan fingerprint density at radius 3 is 2.08 bits per heavy atom. The van der Waals surface area contributed by atoms with E-state index in [0.29, 0.717) is 6.61 Å². The third-order valence-corrected chi connectivity index (χ3v) is 6.28. The first-order chi connectivity index (χ1) is 12.9. The van der Waals surface area contributed by atoms with Gasteiger partial charge in [-0.15, -0.1) is 0 Å². The standard InChI is InChI=1S/C24H31NO/c1-4-10-21(11-5-1)20-26-23-14-12-22(13-15-23)24(16-6-2-7-17-24)25-18-8-3-9-19-25/h1,4-5,10-15H,2-3,6-9,16-20H2. The number of hydrogen-bond donors (Lipinski definition) is 0. The molecular formula is C24H31NO. The normalized spacial score (nSPS) is 20.6. The summed E-state index contributed by atoms with van der Waals surface area (Å²) >= 11 is 0. The lowest BCUT2D eigenvalue weighted by molar-refractivity contribution is 0.0303. The van der Waals surface area contributed by atoms with Gasteiger partial charge in [-0.3, -0.25) is 4.90 Å². The van der Waals surface area contributed by atoms with Crippen LogP contribution < -0.4 is 4.74 Å². The molecule has 26 heavy (non-hydrogen) atoms. The van der Waals surface area contributed by atoms with Crippen molar-refractivity contribution in [1.29, 1.82) is 0 Å². The van der Waals surface area contributed by atoms with Crippen molar-refractivity contribution in [1.82, 2.24) is 4.90 Å². The molecule has 0 amide bonds. The van der Waals surface area contributed by atoms with Crippen molar-refractivity contribution < 1.29 is 4.74 Å². The lowest BCUT2D eigenvalue weighted by atomic mass is 9.74. The molecule has 1 heterocycles. The topological polar surface area (TPSA) is 12.5 Å². The van der Waals surface area contributed by atoms with Crippen LogP contribution in [0.25, 0.3) is 0 Å². The summed E-state index contributed by atoms with van der Waals surface area (Å²) in [7, 11) is 0. The molecule has 0 unspecified atom stereocenters. The van der Waals surface area contributed by atoms with Gasteiger partial charge in [0.2, 0.25) is 0 Å². The van der Waals surface area contributed by atoms with E-state index in [1.54, 1.807) is 0 Å². The molecule has 2 fully saturated rings. The predicted molar refractivity (Wildman–Crippen MR) is 107 cm³/mol. The van der Waals surface area contributed by atoms with Crippen LogP contribution in [0, 0.1) is 0 Å². The summed E-state index contributed by atoms with van der Waals surface area (Å²) in [5, 5.41) is 0. The van der Waals surface area contributed by atoms with Gasteiger partial charge in [-0.25, -0.2) is 0 Å². The van der Waals surface area contributed by atoms with Gasteiger partial charge in [0.1, 0.15) is 12.4 Å². The van der Waals surface area contributed by atoms with Gasteiger partial charge in [-0.2, -0.15) is 0 Å². The van der Waals surface area contributed by atoms with E-state index in [0.717, 1.165) is 5.75 Å². The first kappa shape index (κ1) is 17.6. The van der Waals surface area contributed by atoms with Crippen LogP contribution >= 0.6 is 0 Å². The minimum atomic E-state index is 0.274. The Kier molecular flexibility index (Phi) is 5.59. The Morgan fingerprint density at radius 1 is 0.731 bits per heavy atom. The highest BCUT2D eigenvalue weighted by Crippen LogP contribution is 2.43. The molecule has 0 radical (unpaired) electrons. The van der Waals surface area contributed by atoms with Crippen molar-refractivity contribution in [3.05, 3.63) is 65.7 Å². The number of benzene rings is 2. The molecule has 4 rings (SSSR count). The fraction of sp³-hybridized carbons (Fsp3) is 0.500. The smallest absolute Gasteiger partial charge is 0.119 e. The summed E-state index contributed by atoms with van der Waals surface area (Å²) in [6.45, 7) is 3.18. The monoisotopic (exact) mass is 349 g/mol. The van der Waals surface area contributed by atoms with Crippen LogP contribution in [0.5, 0.6) is 5.75 Å². The molecule has 2 nitrogen and oxygen atoms in total. The van der Waals surface area contributed by atoms with Crippen molar-refractivity contribution in [3.8, 4) is 5.75 Å². The van der Waals surface area contributed by atoms with Crippen LogP contribution in [-0.2, 0) is 12.1 Å². The van der Waals surface area contributed by atoms with E-state index >= 15 is 0 Å². The molecule has 1 saturated carbocycles. The lowest BCUT2D eigenvalue weighted by Crippen LogP contribution is -2.49. The maximum absolute atomic E-state index is 6.00. The average molecular weight is 350 g/mol. The maximum atomic E-state index is 6.00. The van der Waals surface area contributed by atoms with Gasteiger partial charge in [0.05, 0.1) is 0 Å². The summed E-state index contributed by atoms with van der Waals surface area (Å²) in [5.74, 6) is 0.974. The van der Waals surface area contributed by atoms with Gasteiger partial charge < -0.3 is 4.74 Å². The third kappa shape index (κ3) is 3.81. The first-order valence-corrected chi connectivity index (χ1v) is 10.4. The molecule has 0 bridgehead atoms. The number of hydrogen-bond acceptors (Lipinski definition) is 2. The van der Waals surface area contributed by atoms with Crippen LogP contribution in [-0.4, -0.2) is 18.0 Å². The molecule has 2 aromatic rings. The zero-order valence-corrected chi connectivity index (χ0v) is 15.8. The van der Waals surface area contributed by atoms with Gasteiger partial charge in [0, 0.05) is 5.54 Å². The Bertz CT molecular complexity index is 667. The van der Waals surface area contributed by atoms with Crippen LogP contribution in [0.4, 0.5) is 0 Å². The van der Waals surface area contributed by atoms with Gasteiger partial charge in [-0.1, -0.05) is 68.1 Å². The van der Waals surface area contributed by atoms with Crippen LogP contribution in [0.15, 0.2) is 54.6 Å². The molecule has 1 aliphatic heterocycles. The minimum absolute atomic E-state index is 0.274. The Hall–Kier alpha value is -1.80. The third-order valence-electron chi connectivity index (χ3n) is 6.28. The van der Waals surface area contributed by atoms with E-state index < -0.39 is 0 Å². The van der Waals surface area contributed by atoms with E-state index in [1.165, 1.54) is 75.6 Å². The zero-order chi connectivity index (χ0) is 17.7. The number of nitrogens with zero attached hydrogens (tertiary/aromatic N) is 1. The van der Waals surface area contributed by atoms with Crippen molar-refractivity contribution in [2.24, 2.45) is 0 Å². The molecule has 138 valence electrons. The Labute approximate surface area is 158 Å². The van der Waals surface area contributed by atoms with Gasteiger partial charge in [0.15, 0.2) is 0 Å². The van der Waals surface area contributed by atoms with Crippen LogP contribution in [0.2, 0.25) is 0 Å². The van der Waals surface area contributed by atoms with Crippen LogP contribution in [0.3, 0.4) is 0 Å². The van der Waals surface area contributed by atoms with E-state index in [4.69, 9.17) is 4.74 Å². The first-order valence-electron chi connectivity index (χ1n) is 10.4. The number of piperidine rings is 1. The van der Waals surface area contributed by atoms with Crippen molar-refractivity contribution in [2.75, 3.05) is 13.1 Å². The van der Waals surface area contributed by atoms with Crippen molar-refractivity contribution in [3.63, 3.8) is 0 Å². The molecule has 2 heteroatoms. The second kappa shape index (κ2) is 8.26. The molecule has 0 N–H and O–H groups in total. The summed E-state index contributed by atoms with van der Waals surface area (Å²) in [4.78, 5) is 2.80. The largest absolute Gasteiger partial charge is 0.489 e. The summed E-state index contributed by atoms with van der Waals surface area (Å²) in [5.41, 5.74) is 3.00. The van der Waals surface area contributed by atoms with Crippen molar-refractivity contribution >= 4 is 0 Å². The van der Waals surface area contributed by atoms with Crippen LogP contribution in [0.1, 0.15) is 62.5 Å². The van der Waals surface area contributed by atoms with Gasteiger partial charge in [0.25, 0.3) is 0 Å². The number of rotatable bonds is 5. The van der Waals surface area contributed by atoms with Gasteiger partial charge in [-0.05, 0) is 62.0 Å².